The number of fused-ring (bicyclic) bond motifs is 1. The van der Waals surface area contributed by atoms with Crippen molar-refractivity contribution in [2.75, 3.05) is 32.1 Å². The summed E-state index contributed by atoms with van der Waals surface area (Å²) in [5.41, 5.74) is 0.914. The molecule has 1 aliphatic heterocycles. The van der Waals surface area contributed by atoms with E-state index in [0.29, 0.717) is 11.1 Å². The second kappa shape index (κ2) is 5.54. The molecule has 1 aromatic heterocycles. The van der Waals surface area contributed by atoms with E-state index in [2.05, 4.69) is 33.9 Å². The lowest BCUT2D eigenvalue weighted by atomic mass is 10.0. The van der Waals surface area contributed by atoms with Gasteiger partial charge in [-0.05, 0) is 45.1 Å². The van der Waals surface area contributed by atoms with Gasteiger partial charge in [-0.15, -0.1) is 0 Å². The first-order valence-electron chi connectivity index (χ1n) is 6.97. The molecule has 1 aromatic carbocycles. The Morgan fingerprint density at radius 3 is 2.65 bits per heavy atom. The summed E-state index contributed by atoms with van der Waals surface area (Å²) in [5.74, 6) is 1.03. The highest BCUT2D eigenvalue weighted by Gasteiger charge is 2.22. The molecule has 0 bridgehead atoms. The number of halogens is 1. The van der Waals surface area contributed by atoms with Gasteiger partial charge in [0.1, 0.15) is 12.1 Å². The standard InChI is InChI=1S/C15H19ClN4/c1-19(2)12-5-7-20(8-6-12)15-13-4-3-11(16)9-14(13)17-10-18-15/h3-4,9-10,12H,5-8H2,1-2H3. The first-order valence-corrected chi connectivity index (χ1v) is 7.34. The van der Waals surface area contributed by atoms with Crippen molar-refractivity contribution in [3.63, 3.8) is 0 Å². The number of nitrogens with zero attached hydrogens (tertiary/aromatic N) is 4. The zero-order chi connectivity index (χ0) is 14.1. The van der Waals surface area contributed by atoms with Gasteiger partial charge in [0.05, 0.1) is 5.52 Å². The van der Waals surface area contributed by atoms with Crippen LogP contribution in [-0.2, 0) is 0 Å². The third-order valence-corrected chi connectivity index (χ3v) is 4.31. The molecule has 0 aliphatic carbocycles. The van der Waals surface area contributed by atoms with Crippen molar-refractivity contribution in [1.29, 1.82) is 0 Å². The molecule has 5 heteroatoms. The van der Waals surface area contributed by atoms with Crippen LogP contribution in [0, 0.1) is 0 Å². The van der Waals surface area contributed by atoms with Crippen LogP contribution < -0.4 is 4.90 Å². The molecular formula is C15H19ClN4. The van der Waals surface area contributed by atoms with Gasteiger partial charge in [0.15, 0.2) is 0 Å². The SMILES string of the molecule is CN(C)C1CCN(c2ncnc3cc(Cl)ccc23)CC1. The minimum absolute atomic E-state index is 0.675. The van der Waals surface area contributed by atoms with Crippen LogP contribution in [0.2, 0.25) is 5.02 Å². The fraction of sp³-hybridized carbons (Fsp3) is 0.467. The van der Waals surface area contributed by atoms with Crippen molar-refractivity contribution in [2.24, 2.45) is 0 Å². The Hall–Kier alpha value is -1.39. The Balaban J connectivity index is 1.88. The lowest BCUT2D eigenvalue weighted by Gasteiger charge is -2.36. The van der Waals surface area contributed by atoms with Gasteiger partial charge in [-0.25, -0.2) is 9.97 Å². The quantitative estimate of drug-likeness (QED) is 0.851. The number of hydrogen-bond acceptors (Lipinski definition) is 4. The topological polar surface area (TPSA) is 32.3 Å². The number of piperidine rings is 1. The Kier molecular flexibility index (Phi) is 3.76. The third kappa shape index (κ3) is 2.58. The molecule has 0 radical (unpaired) electrons. The van der Waals surface area contributed by atoms with Gasteiger partial charge in [-0.2, -0.15) is 0 Å². The second-order valence-corrected chi connectivity index (χ2v) is 5.98. The molecule has 4 nitrogen and oxygen atoms in total. The summed E-state index contributed by atoms with van der Waals surface area (Å²) in [4.78, 5) is 13.5. The van der Waals surface area contributed by atoms with Gasteiger partial charge >= 0.3 is 0 Å². The number of anilines is 1. The number of aromatic nitrogens is 2. The monoisotopic (exact) mass is 290 g/mol. The molecule has 0 N–H and O–H groups in total. The molecule has 106 valence electrons. The van der Waals surface area contributed by atoms with E-state index in [1.54, 1.807) is 6.33 Å². The predicted molar refractivity (Wildman–Crippen MR) is 83.5 cm³/mol. The van der Waals surface area contributed by atoms with Crippen LogP contribution in [0.1, 0.15) is 12.8 Å². The average Bonchev–Trinajstić information content (AvgIpc) is 2.46. The number of benzene rings is 1. The molecule has 0 atom stereocenters. The maximum Gasteiger partial charge on any atom is 0.139 e. The van der Waals surface area contributed by atoms with Crippen LogP contribution in [0.25, 0.3) is 10.9 Å². The van der Waals surface area contributed by atoms with Gasteiger partial charge in [0.25, 0.3) is 0 Å². The fourth-order valence-corrected chi connectivity index (χ4v) is 3.03. The van der Waals surface area contributed by atoms with Crippen molar-refractivity contribution >= 4 is 28.3 Å². The minimum atomic E-state index is 0.675. The van der Waals surface area contributed by atoms with E-state index in [0.717, 1.165) is 29.8 Å². The Morgan fingerprint density at radius 1 is 1.20 bits per heavy atom. The van der Waals surface area contributed by atoms with E-state index in [1.807, 2.05) is 18.2 Å². The third-order valence-electron chi connectivity index (χ3n) is 4.07. The van der Waals surface area contributed by atoms with Crippen LogP contribution in [0.4, 0.5) is 5.82 Å². The van der Waals surface area contributed by atoms with Gasteiger partial charge in [0.2, 0.25) is 0 Å². The molecule has 0 unspecified atom stereocenters. The normalized spacial score (nSPS) is 17.1. The highest BCUT2D eigenvalue weighted by molar-refractivity contribution is 6.31. The largest absolute Gasteiger partial charge is 0.356 e. The average molecular weight is 291 g/mol. The molecule has 1 aliphatic rings. The first kappa shape index (κ1) is 13.6. The summed E-state index contributed by atoms with van der Waals surface area (Å²) >= 11 is 6.03. The van der Waals surface area contributed by atoms with Crippen molar-refractivity contribution in [3.8, 4) is 0 Å². The lowest BCUT2D eigenvalue weighted by molar-refractivity contribution is 0.249. The summed E-state index contributed by atoms with van der Waals surface area (Å²) < 4.78 is 0. The van der Waals surface area contributed by atoms with E-state index < -0.39 is 0 Å². The molecule has 2 heterocycles. The zero-order valence-electron chi connectivity index (χ0n) is 11.9. The Bertz CT molecular complexity index is 606. The maximum atomic E-state index is 6.03. The summed E-state index contributed by atoms with van der Waals surface area (Å²) in [7, 11) is 4.31. The molecule has 1 fully saturated rings. The predicted octanol–water partition coefficient (Wildman–Crippen LogP) is 2.81. The highest BCUT2D eigenvalue weighted by Crippen LogP contribution is 2.27. The van der Waals surface area contributed by atoms with E-state index in [-0.39, 0.29) is 0 Å². The van der Waals surface area contributed by atoms with Crippen molar-refractivity contribution in [3.05, 3.63) is 29.5 Å². The molecule has 0 spiro atoms. The molecular weight excluding hydrogens is 272 g/mol. The van der Waals surface area contributed by atoms with Gasteiger partial charge in [-0.3, -0.25) is 0 Å². The number of rotatable bonds is 2. The summed E-state index contributed by atoms with van der Waals surface area (Å²) in [6.45, 7) is 2.08. The van der Waals surface area contributed by atoms with Crippen LogP contribution in [0.15, 0.2) is 24.5 Å². The Morgan fingerprint density at radius 2 is 1.95 bits per heavy atom. The van der Waals surface area contributed by atoms with E-state index in [1.165, 1.54) is 12.8 Å². The van der Waals surface area contributed by atoms with Crippen LogP contribution in [0.5, 0.6) is 0 Å². The smallest absolute Gasteiger partial charge is 0.139 e. The van der Waals surface area contributed by atoms with Gasteiger partial charge < -0.3 is 9.80 Å². The molecule has 20 heavy (non-hydrogen) atoms. The van der Waals surface area contributed by atoms with E-state index in [4.69, 9.17) is 11.6 Å². The Labute approximate surface area is 124 Å². The summed E-state index contributed by atoms with van der Waals surface area (Å²) in [6.07, 6.45) is 3.98. The van der Waals surface area contributed by atoms with Crippen molar-refractivity contribution in [2.45, 2.75) is 18.9 Å². The summed E-state index contributed by atoms with van der Waals surface area (Å²) in [5, 5.41) is 1.80. The zero-order valence-corrected chi connectivity index (χ0v) is 12.6. The molecule has 2 aromatic rings. The van der Waals surface area contributed by atoms with Crippen molar-refractivity contribution in [1.82, 2.24) is 14.9 Å². The maximum absolute atomic E-state index is 6.03. The van der Waals surface area contributed by atoms with E-state index in [9.17, 15) is 0 Å². The fourth-order valence-electron chi connectivity index (χ4n) is 2.86. The second-order valence-electron chi connectivity index (χ2n) is 5.54. The van der Waals surface area contributed by atoms with Crippen molar-refractivity contribution < 1.29 is 0 Å². The van der Waals surface area contributed by atoms with E-state index >= 15 is 0 Å². The van der Waals surface area contributed by atoms with Crippen LogP contribution in [-0.4, -0.2) is 48.1 Å². The van der Waals surface area contributed by atoms with Gasteiger partial charge in [-0.1, -0.05) is 11.6 Å². The highest BCUT2D eigenvalue weighted by atomic mass is 35.5. The molecule has 3 rings (SSSR count). The molecule has 1 saturated heterocycles. The van der Waals surface area contributed by atoms with Crippen LogP contribution >= 0.6 is 11.6 Å². The molecule has 0 saturated carbocycles. The number of hydrogen-bond donors (Lipinski definition) is 0. The lowest BCUT2D eigenvalue weighted by Crippen LogP contribution is -2.42. The van der Waals surface area contributed by atoms with Gasteiger partial charge in [0, 0.05) is 29.5 Å². The summed E-state index contributed by atoms with van der Waals surface area (Å²) in [6, 6.07) is 6.50. The minimum Gasteiger partial charge on any atom is -0.356 e. The van der Waals surface area contributed by atoms with Crippen LogP contribution in [0.3, 0.4) is 0 Å². The molecule has 0 amide bonds. The first-order chi connectivity index (χ1) is 9.65.